The molecule has 0 aliphatic carbocycles. The van der Waals surface area contributed by atoms with E-state index in [9.17, 15) is 27.9 Å². The molecule has 1 saturated heterocycles. The van der Waals surface area contributed by atoms with Crippen LogP contribution in [0.3, 0.4) is 0 Å². The van der Waals surface area contributed by atoms with Crippen LogP contribution in [0.5, 0.6) is 5.75 Å². The highest BCUT2D eigenvalue weighted by Crippen LogP contribution is 2.36. The quantitative estimate of drug-likeness (QED) is 0.706. The van der Waals surface area contributed by atoms with Gasteiger partial charge in [-0.25, -0.2) is 18.2 Å². The van der Waals surface area contributed by atoms with E-state index in [1.165, 1.54) is 29.5 Å². The van der Waals surface area contributed by atoms with E-state index in [4.69, 9.17) is 4.74 Å². The third kappa shape index (κ3) is 4.15. The number of rotatable bonds is 6. The van der Waals surface area contributed by atoms with E-state index in [1.54, 1.807) is 0 Å². The SMILES string of the molecule is CS(=O)c1nc(N2CC(F)C2)c(C#N)c(-c2ccc(OCC(F)F)cn2)c1C#N. The molecule has 7 nitrogen and oxygen atoms in total. The van der Waals surface area contributed by atoms with E-state index >= 15 is 0 Å². The Labute approximate surface area is 166 Å². The van der Waals surface area contributed by atoms with Crippen LogP contribution < -0.4 is 9.64 Å². The first-order valence-electron chi connectivity index (χ1n) is 8.33. The second-order valence-corrected chi connectivity index (χ2v) is 7.42. The number of anilines is 1. The van der Waals surface area contributed by atoms with E-state index in [2.05, 4.69) is 9.97 Å². The van der Waals surface area contributed by atoms with Crippen molar-refractivity contribution in [2.24, 2.45) is 0 Å². The fraction of sp³-hybridized carbons (Fsp3) is 0.333. The van der Waals surface area contributed by atoms with Gasteiger partial charge in [0.1, 0.15) is 47.1 Å². The zero-order valence-corrected chi connectivity index (χ0v) is 15.9. The zero-order valence-electron chi connectivity index (χ0n) is 15.1. The molecule has 0 aromatic carbocycles. The first kappa shape index (κ1) is 20.6. The maximum Gasteiger partial charge on any atom is 0.272 e. The summed E-state index contributed by atoms with van der Waals surface area (Å²) in [6, 6.07) is 6.66. The van der Waals surface area contributed by atoms with Gasteiger partial charge in [-0.15, -0.1) is 0 Å². The fourth-order valence-electron chi connectivity index (χ4n) is 2.82. The van der Waals surface area contributed by atoms with E-state index in [-0.39, 0.29) is 52.1 Å². The summed E-state index contributed by atoms with van der Waals surface area (Å²) < 4.78 is 55.0. The van der Waals surface area contributed by atoms with Crippen molar-refractivity contribution in [3.63, 3.8) is 0 Å². The Hall–Kier alpha value is -3.18. The van der Waals surface area contributed by atoms with Crippen LogP contribution in [0.4, 0.5) is 19.0 Å². The first-order valence-corrected chi connectivity index (χ1v) is 9.89. The van der Waals surface area contributed by atoms with Crippen LogP contribution in [0, 0.1) is 22.7 Å². The number of hydrogen-bond donors (Lipinski definition) is 0. The van der Waals surface area contributed by atoms with Crippen molar-refractivity contribution < 1.29 is 22.1 Å². The van der Waals surface area contributed by atoms with Gasteiger partial charge in [0.2, 0.25) is 0 Å². The van der Waals surface area contributed by atoms with Gasteiger partial charge in [-0.2, -0.15) is 10.5 Å². The molecule has 3 rings (SSSR count). The molecule has 2 aromatic rings. The van der Waals surface area contributed by atoms with Gasteiger partial charge >= 0.3 is 0 Å². The van der Waals surface area contributed by atoms with Gasteiger partial charge in [0.05, 0.1) is 41.3 Å². The molecule has 29 heavy (non-hydrogen) atoms. The van der Waals surface area contributed by atoms with Gasteiger partial charge in [-0.3, -0.25) is 9.19 Å². The summed E-state index contributed by atoms with van der Waals surface area (Å²) >= 11 is 0. The van der Waals surface area contributed by atoms with Gasteiger partial charge in [-0.1, -0.05) is 0 Å². The van der Waals surface area contributed by atoms with E-state index in [1.807, 2.05) is 12.1 Å². The van der Waals surface area contributed by atoms with Crippen molar-refractivity contribution in [1.82, 2.24) is 9.97 Å². The molecule has 1 aliphatic rings. The Morgan fingerprint density at radius 2 is 2.00 bits per heavy atom. The van der Waals surface area contributed by atoms with Crippen molar-refractivity contribution in [3.8, 4) is 29.1 Å². The number of hydrogen-bond acceptors (Lipinski definition) is 7. The Balaban J connectivity index is 2.14. The number of nitrogens with zero attached hydrogens (tertiary/aromatic N) is 5. The molecule has 0 spiro atoms. The largest absolute Gasteiger partial charge is 0.486 e. The number of ether oxygens (including phenoxy) is 1. The standard InChI is InChI=1S/C18H14F3N5O2S/c1-29(27)18-13(5-23)16(12(4-22)17(25-18)26-7-10(19)8-26)14-3-2-11(6-24-14)28-9-15(20)21/h2-3,6,10,15H,7-9H2,1H3. The molecule has 1 fully saturated rings. The molecule has 0 bridgehead atoms. The van der Waals surface area contributed by atoms with Crippen LogP contribution in [0.15, 0.2) is 23.4 Å². The third-order valence-electron chi connectivity index (χ3n) is 4.15. The van der Waals surface area contributed by atoms with Crippen molar-refractivity contribution in [3.05, 3.63) is 29.5 Å². The number of alkyl halides is 3. The summed E-state index contributed by atoms with van der Waals surface area (Å²) in [5, 5.41) is 19.3. The molecule has 0 saturated carbocycles. The van der Waals surface area contributed by atoms with Gasteiger partial charge in [-0.05, 0) is 12.1 Å². The van der Waals surface area contributed by atoms with Crippen molar-refractivity contribution in [2.75, 3.05) is 30.9 Å². The summed E-state index contributed by atoms with van der Waals surface area (Å²) in [6.07, 6.45) is -1.19. The maximum atomic E-state index is 13.3. The molecular weight excluding hydrogens is 407 g/mol. The van der Waals surface area contributed by atoms with E-state index in [0.29, 0.717) is 0 Å². The number of halogens is 3. The van der Waals surface area contributed by atoms with Gasteiger partial charge in [0, 0.05) is 11.8 Å². The topological polar surface area (TPSA) is 103 Å². The smallest absolute Gasteiger partial charge is 0.272 e. The summed E-state index contributed by atoms with van der Waals surface area (Å²) in [5.74, 6) is 0.211. The number of pyridine rings is 2. The predicted octanol–water partition coefficient (Wildman–Crippen LogP) is 2.43. The minimum Gasteiger partial charge on any atom is -0.486 e. The number of nitriles is 2. The Bertz CT molecular complexity index is 1030. The minimum atomic E-state index is -2.65. The van der Waals surface area contributed by atoms with Gasteiger partial charge in [0.25, 0.3) is 6.43 Å². The molecule has 150 valence electrons. The zero-order chi connectivity index (χ0) is 21.1. The Morgan fingerprint density at radius 1 is 1.31 bits per heavy atom. The predicted molar refractivity (Wildman–Crippen MR) is 97.8 cm³/mol. The van der Waals surface area contributed by atoms with Crippen LogP contribution >= 0.6 is 0 Å². The van der Waals surface area contributed by atoms with E-state index in [0.717, 1.165) is 0 Å². The molecule has 0 radical (unpaired) electrons. The van der Waals surface area contributed by atoms with Gasteiger partial charge < -0.3 is 9.64 Å². The normalized spacial score (nSPS) is 14.8. The molecule has 0 N–H and O–H groups in total. The molecule has 1 atom stereocenters. The Morgan fingerprint density at radius 3 is 2.48 bits per heavy atom. The lowest BCUT2D eigenvalue weighted by Gasteiger charge is -2.36. The summed E-state index contributed by atoms with van der Waals surface area (Å²) in [4.78, 5) is 9.83. The van der Waals surface area contributed by atoms with Crippen LogP contribution in [0.1, 0.15) is 11.1 Å². The highest BCUT2D eigenvalue weighted by molar-refractivity contribution is 7.84. The lowest BCUT2D eigenvalue weighted by molar-refractivity contribution is 0.0817. The van der Waals surface area contributed by atoms with Gasteiger partial charge in [0.15, 0.2) is 0 Å². The van der Waals surface area contributed by atoms with E-state index < -0.39 is 30.0 Å². The average Bonchev–Trinajstić information content (AvgIpc) is 2.68. The monoisotopic (exact) mass is 421 g/mol. The summed E-state index contributed by atoms with van der Waals surface area (Å²) in [5.41, 5.74) is 0.191. The van der Waals surface area contributed by atoms with Crippen LogP contribution in [0.25, 0.3) is 11.3 Å². The van der Waals surface area contributed by atoms with Crippen LogP contribution in [-0.2, 0) is 10.8 Å². The number of aromatic nitrogens is 2. The highest BCUT2D eigenvalue weighted by atomic mass is 32.2. The lowest BCUT2D eigenvalue weighted by Crippen LogP contribution is -2.49. The molecule has 1 aliphatic heterocycles. The van der Waals surface area contributed by atoms with Crippen molar-refractivity contribution in [1.29, 1.82) is 10.5 Å². The maximum absolute atomic E-state index is 13.3. The molecule has 1 unspecified atom stereocenters. The summed E-state index contributed by atoms with van der Waals surface area (Å²) in [7, 11) is -1.66. The molecule has 11 heteroatoms. The third-order valence-corrected chi connectivity index (χ3v) is 4.99. The first-order chi connectivity index (χ1) is 13.8. The van der Waals surface area contributed by atoms with Crippen molar-refractivity contribution >= 4 is 16.6 Å². The minimum absolute atomic E-state index is 0.00333. The Kier molecular flexibility index (Phi) is 5.99. The van der Waals surface area contributed by atoms with Crippen molar-refractivity contribution in [2.45, 2.75) is 17.6 Å². The highest BCUT2D eigenvalue weighted by Gasteiger charge is 2.33. The van der Waals surface area contributed by atoms with Crippen LogP contribution in [-0.4, -0.2) is 52.7 Å². The summed E-state index contributed by atoms with van der Waals surface area (Å²) in [6.45, 7) is -0.751. The lowest BCUT2D eigenvalue weighted by atomic mass is 9.99. The molecule has 0 amide bonds. The molecular formula is C18H14F3N5O2S. The average molecular weight is 421 g/mol. The molecule has 2 aromatic heterocycles. The van der Waals surface area contributed by atoms with Crippen LogP contribution in [0.2, 0.25) is 0 Å². The second kappa shape index (κ2) is 8.45. The molecule has 3 heterocycles. The second-order valence-electron chi connectivity index (χ2n) is 6.13. The fourth-order valence-corrected chi connectivity index (χ4v) is 3.48.